The Labute approximate surface area is 147 Å². The molecule has 1 heterocycles. The largest absolute Gasteiger partial charge is 0.491 e. The Balaban J connectivity index is 2.01. The summed E-state index contributed by atoms with van der Waals surface area (Å²) in [5, 5.41) is 2.86. The van der Waals surface area contributed by atoms with Crippen LogP contribution in [0.1, 0.15) is 37.6 Å². The van der Waals surface area contributed by atoms with Crippen molar-refractivity contribution in [2.24, 2.45) is 0 Å². The molecule has 0 radical (unpaired) electrons. The number of hydrogen-bond donors (Lipinski definition) is 1. The summed E-state index contributed by atoms with van der Waals surface area (Å²) in [6.45, 7) is 7.99. The lowest BCUT2D eigenvalue weighted by Crippen LogP contribution is -2.44. The molecule has 7 heteroatoms. The van der Waals surface area contributed by atoms with Gasteiger partial charge < -0.3 is 19.9 Å². The van der Waals surface area contributed by atoms with Crippen molar-refractivity contribution in [1.29, 1.82) is 0 Å². The maximum atomic E-state index is 14.0. The zero-order valence-electron chi connectivity index (χ0n) is 15.0. The summed E-state index contributed by atoms with van der Waals surface area (Å²) in [6.07, 6.45) is 0.691. The molecule has 2 rings (SSSR count). The highest BCUT2D eigenvalue weighted by Crippen LogP contribution is 2.20. The molecule has 1 fully saturated rings. The number of urea groups is 1. The second-order valence-corrected chi connectivity index (χ2v) is 6.32. The normalized spacial score (nSPS) is 15.1. The van der Waals surface area contributed by atoms with Gasteiger partial charge in [-0.05, 0) is 45.4 Å². The number of carbonyl (C=O) groups excluding carboxylic acids is 2. The summed E-state index contributed by atoms with van der Waals surface area (Å²) >= 11 is 0. The predicted molar refractivity (Wildman–Crippen MR) is 93.3 cm³/mol. The zero-order valence-corrected chi connectivity index (χ0v) is 15.0. The average Bonchev–Trinajstić information content (AvgIpc) is 2.81. The summed E-state index contributed by atoms with van der Waals surface area (Å²) in [4.78, 5) is 28.1. The van der Waals surface area contributed by atoms with Crippen LogP contribution in [0.2, 0.25) is 0 Å². The minimum atomic E-state index is -0.541. The number of benzene rings is 1. The number of halogens is 1. The van der Waals surface area contributed by atoms with E-state index >= 15 is 0 Å². The number of nitrogens with one attached hydrogen (secondary N) is 1. The number of amides is 3. The quantitative estimate of drug-likeness (QED) is 0.907. The third kappa shape index (κ3) is 5.08. The van der Waals surface area contributed by atoms with Gasteiger partial charge in [-0.25, -0.2) is 9.18 Å². The molecular formula is C18H26FN3O3. The molecule has 3 amide bonds. The molecule has 1 aromatic rings. The van der Waals surface area contributed by atoms with Gasteiger partial charge in [-0.15, -0.1) is 0 Å². The monoisotopic (exact) mass is 351 g/mol. The summed E-state index contributed by atoms with van der Waals surface area (Å²) in [5.41, 5.74) is 0.293. The Morgan fingerprint density at radius 2 is 1.88 bits per heavy atom. The molecule has 1 aliphatic rings. The molecule has 1 N–H and O–H groups in total. The van der Waals surface area contributed by atoms with E-state index in [1.807, 2.05) is 13.8 Å². The Morgan fingerprint density at radius 1 is 1.20 bits per heavy atom. The lowest BCUT2D eigenvalue weighted by Gasteiger charge is -2.23. The van der Waals surface area contributed by atoms with Gasteiger partial charge in [0.05, 0.1) is 6.61 Å². The maximum Gasteiger partial charge on any atom is 0.317 e. The number of ether oxygens (including phenoxy) is 1. The average molecular weight is 351 g/mol. The Bertz CT molecular complexity index is 622. The highest BCUT2D eigenvalue weighted by Gasteiger charge is 2.23. The molecule has 1 saturated heterocycles. The van der Waals surface area contributed by atoms with Gasteiger partial charge >= 0.3 is 6.03 Å². The highest BCUT2D eigenvalue weighted by atomic mass is 19.1. The second kappa shape index (κ2) is 8.69. The Hall–Kier alpha value is -2.31. The van der Waals surface area contributed by atoms with Crippen LogP contribution in [-0.2, 0) is 0 Å². The first kappa shape index (κ1) is 19.0. The van der Waals surface area contributed by atoms with Crippen LogP contribution in [0.5, 0.6) is 5.75 Å². The molecule has 25 heavy (non-hydrogen) atoms. The maximum absolute atomic E-state index is 14.0. The third-order valence-corrected chi connectivity index (χ3v) is 3.96. The van der Waals surface area contributed by atoms with Crippen molar-refractivity contribution in [2.75, 3.05) is 32.8 Å². The Kier molecular flexibility index (Phi) is 6.61. The SMILES string of the molecule is CCOc1ccc(C(=O)N2CCCN(C(=O)NC(C)C)CC2)cc1F. The van der Waals surface area contributed by atoms with E-state index in [0.29, 0.717) is 44.8 Å². The van der Waals surface area contributed by atoms with E-state index in [4.69, 9.17) is 4.74 Å². The predicted octanol–water partition coefficient (Wildman–Crippen LogP) is 2.49. The standard InChI is InChI=1S/C18H26FN3O3/c1-4-25-16-7-6-14(12-15(16)19)17(23)21-8-5-9-22(11-10-21)18(24)20-13(2)3/h6-7,12-13H,4-5,8-11H2,1-3H3,(H,20,24). The summed E-state index contributed by atoms with van der Waals surface area (Å²) < 4.78 is 19.1. The molecule has 0 aliphatic carbocycles. The molecule has 0 spiro atoms. The molecule has 1 aliphatic heterocycles. The van der Waals surface area contributed by atoms with Gasteiger partial charge in [-0.1, -0.05) is 0 Å². The molecule has 138 valence electrons. The lowest BCUT2D eigenvalue weighted by molar-refractivity contribution is 0.0761. The van der Waals surface area contributed by atoms with E-state index < -0.39 is 5.82 Å². The molecule has 0 unspecified atom stereocenters. The van der Waals surface area contributed by atoms with Crippen LogP contribution in [0, 0.1) is 5.82 Å². The van der Waals surface area contributed by atoms with Crippen molar-refractivity contribution in [3.8, 4) is 5.75 Å². The fraction of sp³-hybridized carbons (Fsp3) is 0.556. The van der Waals surface area contributed by atoms with E-state index in [0.717, 1.165) is 0 Å². The van der Waals surface area contributed by atoms with Crippen molar-refractivity contribution in [1.82, 2.24) is 15.1 Å². The topological polar surface area (TPSA) is 61.9 Å². The molecule has 0 aromatic heterocycles. The van der Waals surface area contributed by atoms with E-state index in [9.17, 15) is 14.0 Å². The van der Waals surface area contributed by atoms with Crippen molar-refractivity contribution < 1.29 is 18.7 Å². The lowest BCUT2D eigenvalue weighted by atomic mass is 10.1. The summed E-state index contributed by atoms with van der Waals surface area (Å²) in [7, 11) is 0. The van der Waals surface area contributed by atoms with Crippen molar-refractivity contribution >= 4 is 11.9 Å². The van der Waals surface area contributed by atoms with Gasteiger partial charge in [-0.2, -0.15) is 0 Å². The Morgan fingerprint density at radius 3 is 2.52 bits per heavy atom. The van der Waals surface area contributed by atoms with E-state index in [-0.39, 0.29) is 23.7 Å². The zero-order chi connectivity index (χ0) is 18.4. The fourth-order valence-corrected chi connectivity index (χ4v) is 2.75. The van der Waals surface area contributed by atoms with Crippen LogP contribution in [-0.4, -0.2) is 60.6 Å². The van der Waals surface area contributed by atoms with Crippen molar-refractivity contribution in [3.05, 3.63) is 29.6 Å². The van der Waals surface area contributed by atoms with Crippen molar-refractivity contribution in [3.63, 3.8) is 0 Å². The minimum Gasteiger partial charge on any atom is -0.491 e. The van der Waals surface area contributed by atoms with Crippen LogP contribution in [0.3, 0.4) is 0 Å². The van der Waals surface area contributed by atoms with Crippen molar-refractivity contribution in [2.45, 2.75) is 33.2 Å². The van der Waals surface area contributed by atoms with Crippen LogP contribution < -0.4 is 10.1 Å². The number of carbonyl (C=O) groups is 2. The van der Waals surface area contributed by atoms with Gasteiger partial charge in [0.1, 0.15) is 0 Å². The van der Waals surface area contributed by atoms with Crippen LogP contribution in [0.25, 0.3) is 0 Å². The molecular weight excluding hydrogens is 325 g/mol. The summed E-state index contributed by atoms with van der Waals surface area (Å²) in [6, 6.07) is 4.22. The molecule has 0 atom stereocenters. The molecule has 1 aromatic carbocycles. The summed E-state index contributed by atoms with van der Waals surface area (Å²) in [5.74, 6) is -0.625. The fourth-order valence-electron chi connectivity index (χ4n) is 2.75. The second-order valence-electron chi connectivity index (χ2n) is 6.32. The number of hydrogen-bond acceptors (Lipinski definition) is 3. The van der Waals surface area contributed by atoms with Gasteiger partial charge in [0.2, 0.25) is 0 Å². The first-order valence-electron chi connectivity index (χ1n) is 8.69. The van der Waals surface area contributed by atoms with E-state index in [2.05, 4.69) is 5.32 Å². The molecule has 0 bridgehead atoms. The number of rotatable bonds is 4. The van der Waals surface area contributed by atoms with Gasteiger partial charge in [0, 0.05) is 37.8 Å². The van der Waals surface area contributed by atoms with E-state index in [1.165, 1.54) is 12.1 Å². The molecule has 0 saturated carbocycles. The first-order chi connectivity index (χ1) is 11.9. The van der Waals surface area contributed by atoms with Gasteiger partial charge in [0.25, 0.3) is 5.91 Å². The van der Waals surface area contributed by atoms with E-state index in [1.54, 1.807) is 22.8 Å². The van der Waals surface area contributed by atoms with Crippen LogP contribution in [0.15, 0.2) is 18.2 Å². The first-order valence-corrected chi connectivity index (χ1v) is 8.69. The third-order valence-electron chi connectivity index (χ3n) is 3.96. The van der Waals surface area contributed by atoms with Crippen LogP contribution in [0.4, 0.5) is 9.18 Å². The van der Waals surface area contributed by atoms with Gasteiger partial charge in [-0.3, -0.25) is 4.79 Å². The highest BCUT2D eigenvalue weighted by molar-refractivity contribution is 5.94. The number of nitrogens with zero attached hydrogens (tertiary/aromatic N) is 2. The van der Waals surface area contributed by atoms with Gasteiger partial charge in [0.15, 0.2) is 11.6 Å². The smallest absolute Gasteiger partial charge is 0.317 e. The minimum absolute atomic E-state index is 0.0697. The molecule has 6 nitrogen and oxygen atoms in total. The van der Waals surface area contributed by atoms with Crippen LogP contribution >= 0.6 is 0 Å².